The Morgan fingerprint density at radius 3 is 1.53 bits per heavy atom. The largest absolute Gasteiger partial charge is 0.468 e. The van der Waals surface area contributed by atoms with Gasteiger partial charge in [0.1, 0.15) is 0 Å². The Morgan fingerprint density at radius 1 is 0.941 bits per heavy atom. The van der Waals surface area contributed by atoms with Crippen molar-refractivity contribution in [3.8, 4) is 0 Å². The molecule has 0 spiro atoms. The quantitative estimate of drug-likeness (QED) is 0.389. The molecule has 0 fully saturated rings. The van der Waals surface area contributed by atoms with Crippen molar-refractivity contribution in [3.63, 3.8) is 0 Å². The normalized spacial score (nSPS) is 13.4. The second-order valence-electron chi connectivity index (χ2n) is 3.74. The lowest BCUT2D eigenvalue weighted by Crippen LogP contribution is -2.46. The zero-order valence-corrected chi connectivity index (χ0v) is 11.1. The molecule has 6 nitrogen and oxygen atoms in total. The van der Waals surface area contributed by atoms with Crippen LogP contribution in [-0.2, 0) is 28.5 Å². The summed E-state index contributed by atoms with van der Waals surface area (Å²) in [6, 6.07) is 0. The van der Waals surface area contributed by atoms with E-state index in [1.54, 1.807) is 13.8 Å². The van der Waals surface area contributed by atoms with Crippen LogP contribution < -0.4 is 0 Å². The molecule has 6 heteroatoms. The van der Waals surface area contributed by atoms with Crippen LogP contribution in [0.4, 0.5) is 0 Å². The van der Waals surface area contributed by atoms with Crippen molar-refractivity contribution in [2.75, 3.05) is 28.4 Å². The van der Waals surface area contributed by atoms with Crippen LogP contribution in [0.2, 0.25) is 0 Å². The summed E-state index contributed by atoms with van der Waals surface area (Å²) < 4.78 is 19.5. The molecular formula is C11H20O6. The maximum Gasteiger partial charge on any atom is 0.320 e. The molecule has 0 aromatic heterocycles. The van der Waals surface area contributed by atoms with Crippen LogP contribution in [0.1, 0.15) is 13.8 Å². The van der Waals surface area contributed by atoms with E-state index < -0.39 is 29.6 Å². The van der Waals surface area contributed by atoms with Crippen molar-refractivity contribution in [1.29, 1.82) is 0 Å². The number of carbonyl (C=O) groups excluding carboxylic acids is 2. The third kappa shape index (κ3) is 3.41. The highest BCUT2D eigenvalue weighted by Crippen LogP contribution is 2.30. The lowest BCUT2D eigenvalue weighted by molar-refractivity contribution is -0.236. The van der Waals surface area contributed by atoms with Crippen LogP contribution in [-0.4, -0.2) is 46.2 Å². The van der Waals surface area contributed by atoms with Crippen LogP contribution >= 0.6 is 0 Å². The molecule has 17 heavy (non-hydrogen) atoms. The zero-order chi connectivity index (χ0) is 13.6. The van der Waals surface area contributed by atoms with Crippen molar-refractivity contribution < 1.29 is 28.5 Å². The van der Waals surface area contributed by atoms with Gasteiger partial charge in [0.25, 0.3) is 0 Å². The molecule has 0 aromatic rings. The predicted octanol–water partition coefficient (Wildman–Crippen LogP) is 0.594. The molecule has 0 saturated heterocycles. The van der Waals surface area contributed by atoms with Crippen molar-refractivity contribution in [2.45, 2.75) is 19.6 Å². The number of esters is 2. The van der Waals surface area contributed by atoms with Gasteiger partial charge in [0.2, 0.25) is 0 Å². The smallest absolute Gasteiger partial charge is 0.320 e. The number of carbonyl (C=O) groups is 2. The standard InChI is InChI=1S/C11H20O6/c1-7(11(2,16-5)17-6)8(9(12)14-3)10(13)15-4/h7-8H,1-6H3. The van der Waals surface area contributed by atoms with E-state index in [-0.39, 0.29) is 0 Å². The van der Waals surface area contributed by atoms with Crippen molar-refractivity contribution >= 4 is 11.9 Å². The van der Waals surface area contributed by atoms with Gasteiger partial charge in [-0.2, -0.15) is 0 Å². The molecule has 0 aliphatic heterocycles. The van der Waals surface area contributed by atoms with Gasteiger partial charge in [-0.3, -0.25) is 9.59 Å². The number of hydrogen-bond donors (Lipinski definition) is 0. The minimum absolute atomic E-state index is 0.558. The van der Waals surface area contributed by atoms with Gasteiger partial charge in [-0.25, -0.2) is 0 Å². The highest BCUT2D eigenvalue weighted by molar-refractivity contribution is 5.95. The van der Waals surface area contributed by atoms with Gasteiger partial charge in [-0.15, -0.1) is 0 Å². The Labute approximate surface area is 101 Å². The molecule has 0 aromatic carbocycles. The number of hydrogen-bond acceptors (Lipinski definition) is 6. The molecule has 100 valence electrons. The van der Waals surface area contributed by atoms with Crippen LogP contribution in [0.5, 0.6) is 0 Å². The van der Waals surface area contributed by atoms with E-state index in [2.05, 4.69) is 9.47 Å². The van der Waals surface area contributed by atoms with Crippen LogP contribution in [0.3, 0.4) is 0 Å². The van der Waals surface area contributed by atoms with Crippen molar-refractivity contribution in [3.05, 3.63) is 0 Å². The van der Waals surface area contributed by atoms with E-state index in [4.69, 9.17) is 9.47 Å². The summed E-state index contributed by atoms with van der Waals surface area (Å²) in [6.45, 7) is 3.29. The SMILES string of the molecule is COC(=O)C(C(=O)OC)C(C)C(C)(OC)OC. The zero-order valence-electron chi connectivity index (χ0n) is 11.1. The van der Waals surface area contributed by atoms with Gasteiger partial charge in [0.05, 0.1) is 14.2 Å². The monoisotopic (exact) mass is 248 g/mol. The molecule has 0 N–H and O–H groups in total. The predicted molar refractivity (Wildman–Crippen MR) is 59.1 cm³/mol. The second kappa shape index (κ2) is 6.56. The summed E-state index contributed by atoms with van der Waals surface area (Å²) in [5.41, 5.74) is 0. The van der Waals surface area contributed by atoms with E-state index in [0.717, 1.165) is 0 Å². The van der Waals surface area contributed by atoms with Crippen molar-refractivity contribution in [1.82, 2.24) is 0 Å². The summed E-state index contributed by atoms with van der Waals surface area (Å²) in [7, 11) is 5.29. The molecular weight excluding hydrogens is 228 g/mol. The van der Waals surface area contributed by atoms with Gasteiger partial charge in [-0.05, 0) is 6.92 Å². The van der Waals surface area contributed by atoms with Gasteiger partial charge in [0, 0.05) is 20.1 Å². The van der Waals surface area contributed by atoms with E-state index >= 15 is 0 Å². The van der Waals surface area contributed by atoms with E-state index in [0.29, 0.717) is 0 Å². The summed E-state index contributed by atoms with van der Waals surface area (Å²) in [5, 5.41) is 0. The molecule has 0 aliphatic rings. The van der Waals surface area contributed by atoms with Gasteiger partial charge >= 0.3 is 11.9 Å². The summed E-state index contributed by atoms with van der Waals surface area (Å²) >= 11 is 0. The van der Waals surface area contributed by atoms with Crippen LogP contribution in [0, 0.1) is 11.8 Å². The fourth-order valence-corrected chi connectivity index (χ4v) is 1.52. The molecule has 0 radical (unpaired) electrons. The summed E-state index contributed by atoms with van der Waals surface area (Å²) in [5.74, 6) is -4.07. The lowest BCUT2D eigenvalue weighted by atomic mass is 9.87. The van der Waals surface area contributed by atoms with E-state index in [1.807, 2.05) is 0 Å². The maximum atomic E-state index is 11.6. The fourth-order valence-electron chi connectivity index (χ4n) is 1.52. The second-order valence-corrected chi connectivity index (χ2v) is 3.74. The maximum absolute atomic E-state index is 11.6. The van der Waals surface area contributed by atoms with Crippen LogP contribution in [0.25, 0.3) is 0 Å². The van der Waals surface area contributed by atoms with E-state index in [1.165, 1.54) is 28.4 Å². The first-order valence-electron chi connectivity index (χ1n) is 5.13. The van der Waals surface area contributed by atoms with Gasteiger partial charge < -0.3 is 18.9 Å². The minimum atomic E-state index is -1.09. The Kier molecular flexibility index (Phi) is 6.12. The molecule has 1 atom stereocenters. The molecule has 0 rings (SSSR count). The summed E-state index contributed by atoms with van der Waals surface area (Å²) in [6.07, 6.45) is 0. The Bertz CT molecular complexity index is 255. The van der Waals surface area contributed by atoms with Gasteiger partial charge in [-0.1, -0.05) is 6.92 Å². The third-order valence-electron chi connectivity index (χ3n) is 3.05. The average molecular weight is 248 g/mol. The summed E-state index contributed by atoms with van der Waals surface area (Å²) in [4.78, 5) is 23.2. The Hall–Kier alpha value is -1.14. The van der Waals surface area contributed by atoms with Crippen molar-refractivity contribution in [2.24, 2.45) is 11.8 Å². The Balaban J connectivity index is 5.18. The first kappa shape index (κ1) is 15.9. The molecule has 0 amide bonds. The molecule has 0 heterocycles. The molecule has 0 bridgehead atoms. The Morgan fingerprint density at radius 2 is 1.29 bits per heavy atom. The lowest BCUT2D eigenvalue weighted by Gasteiger charge is -2.35. The molecule has 1 unspecified atom stereocenters. The number of ether oxygens (including phenoxy) is 4. The highest BCUT2D eigenvalue weighted by Gasteiger charge is 2.45. The third-order valence-corrected chi connectivity index (χ3v) is 3.05. The highest BCUT2D eigenvalue weighted by atomic mass is 16.7. The molecule has 0 aliphatic carbocycles. The first-order valence-corrected chi connectivity index (χ1v) is 5.13. The number of rotatable bonds is 6. The first-order chi connectivity index (χ1) is 7.87. The average Bonchev–Trinajstić information content (AvgIpc) is 2.36. The topological polar surface area (TPSA) is 71.1 Å². The van der Waals surface area contributed by atoms with Gasteiger partial charge in [0.15, 0.2) is 11.7 Å². The van der Waals surface area contributed by atoms with E-state index in [9.17, 15) is 9.59 Å². The van der Waals surface area contributed by atoms with Crippen LogP contribution in [0.15, 0.2) is 0 Å². The fraction of sp³-hybridized carbons (Fsp3) is 0.818. The minimum Gasteiger partial charge on any atom is -0.468 e. The molecule has 0 saturated carbocycles. The number of methoxy groups -OCH3 is 4.